The number of ether oxygens (including phenoxy) is 1. The molecule has 5 rings (SSSR count). The Labute approximate surface area is 205 Å². The van der Waals surface area contributed by atoms with Gasteiger partial charge in [0, 0.05) is 37.9 Å². The van der Waals surface area contributed by atoms with Gasteiger partial charge in [0.05, 0.1) is 30.2 Å². The van der Waals surface area contributed by atoms with Crippen molar-refractivity contribution in [1.82, 2.24) is 29.5 Å². The summed E-state index contributed by atoms with van der Waals surface area (Å²) in [5.74, 6) is 0.919. The molecule has 0 saturated carbocycles. The first-order valence-corrected chi connectivity index (χ1v) is 12.4. The molecule has 0 aliphatic carbocycles. The van der Waals surface area contributed by atoms with E-state index in [1.54, 1.807) is 4.90 Å². The van der Waals surface area contributed by atoms with E-state index in [4.69, 9.17) is 9.84 Å². The number of hydrogen-bond acceptors (Lipinski definition) is 9. The van der Waals surface area contributed by atoms with E-state index in [0.29, 0.717) is 61.7 Å². The highest BCUT2D eigenvalue weighted by Crippen LogP contribution is 2.40. The Kier molecular flexibility index (Phi) is 6.83. The summed E-state index contributed by atoms with van der Waals surface area (Å²) in [6.45, 7) is 4.57. The van der Waals surface area contributed by atoms with Crippen molar-refractivity contribution in [2.45, 2.75) is 57.2 Å². The van der Waals surface area contributed by atoms with Crippen molar-refractivity contribution in [3.8, 4) is 6.07 Å². The maximum absolute atomic E-state index is 11.9. The van der Waals surface area contributed by atoms with Crippen LogP contribution in [0.3, 0.4) is 0 Å². The summed E-state index contributed by atoms with van der Waals surface area (Å²) in [6.07, 6.45) is 9.14. The van der Waals surface area contributed by atoms with Gasteiger partial charge in [0.15, 0.2) is 0 Å². The quantitative estimate of drug-likeness (QED) is 0.547. The zero-order chi connectivity index (χ0) is 24.4. The second-order valence-electron chi connectivity index (χ2n) is 9.69. The fraction of sp³-hybridized carbons (Fsp3) is 0.625. The largest absolute Gasteiger partial charge is 0.370 e. The van der Waals surface area contributed by atoms with Crippen LogP contribution in [-0.2, 0) is 9.53 Å². The van der Waals surface area contributed by atoms with Gasteiger partial charge in [0.25, 0.3) is 0 Å². The number of hydrogen-bond donors (Lipinski definition) is 2. The highest BCUT2D eigenvalue weighted by Gasteiger charge is 2.39. The Bertz CT molecular complexity index is 1100. The topological polar surface area (TPSA) is 124 Å². The summed E-state index contributed by atoms with van der Waals surface area (Å²) >= 11 is 0. The van der Waals surface area contributed by atoms with Crippen molar-refractivity contribution in [2.24, 2.45) is 0 Å². The number of nitriles is 1. The first kappa shape index (κ1) is 23.5. The van der Waals surface area contributed by atoms with E-state index in [2.05, 4.69) is 49.5 Å². The molecule has 186 valence electrons. The van der Waals surface area contributed by atoms with Crippen LogP contribution in [0.25, 0.3) is 0 Å². The number of morpholine rings is 1. The maximum atomic E-state index is 11.9. The molecule has 2 bridgehead atoms. The molecule has 1 amide bonds. The molecule has 2 N–H and O–H groups in total. The van der Waals surface area contributed by atoms with Gasteiger partial charge in [-0.3, -0.25) is 9.48 Å². The maximum Gasteiger partial charge on any atom is 0.248 e. The van der Waals surface area contributed by atoms with Gasteiger partial charge in [-0.2, -0.15) is 15.3 Å². The van der Waals surface area contributed by atoms with Gasteiger partial charge in [-0.25, -0.2) is 4.98 Å². The normalized spacial score (nSPS) is 24.4. The first-order chi connectivity index (χ1) is 17.0. The lowest BCUT2D eigenvalue weighted by Crippen LogP contribution is -2.42. The van der Waals surface area contributed by atoms with Gasteiger partial charge in [-0.05, 0) is 46.1 Å². The van der Waals surface area contributed by atoms with E-state index in [1.807, 2.05) is 6.92 Å². The van der Waals surface area contributed by atoms with Crippen LogP contribution in [0.4, 0.5) is 17.5 Å². The van der Waals surface area contributed by atoms with Gasteiger partial charge in [0.2, 0.25) is 11.9 Å². The lowest BCUT2D eigenvalue weighted by Gasteiger charge is -2.36. The van der Waals surface area contributed by atoms with Crippen LogP contribution < -0.4 is 10.6 Å². The Balaban J connectivity index is 1.21. The second kappa shape index (κ2) is 10.2. The fourth-order valence-corrected chi connectivity index (χ4v) is 5.43. The summed E-state index contributed by atoms with van der Waals surface area (Å²) in [7, 11) is 2.25. The molecule has 11 heteroatoms. The Hall–Kier alpha value is -3.23. The van der Waals surface area contributed by atoms with E-state index >= 15 is 0 Å². The van der Waals surface area contributed by atoms with Gasteiger partial charge in [-0.15, -0.1) is 0 Å². The second-order valence-corrected chi connectivity index (χ2v) is 9.69. The van der Waals surface area contributed by atoms with Gasteiger partial charge < -0.3 is 25.2 Å². The highest BCUT2D eigenvalue weighted by atomic mass is 16.5. The van der Waals surface area contributed by atoms with Crippen molar-refractivity contribution in [1.29, 1.82) is 5.26 Å². The number of fused-ring (bicyclic) bond motifs is 2. The molecule has 3 aliphatic rings. The zero-order valence-corrected chi connectivity index (χ0v) is 20.4. The third-order valence-electron chi connectivity index (χ3n) is 7.50. The Morgan fingerprint density at radius 3 is 2.80 bits per heavy atom. The lowest BCUT2D eigenvalue weighted by atomic mass is 9.98. The number of rotatable bonds is 8. The number of carbonyl (C=O) groups excluding carboxylic acids is 1. The minimum atomic E-state index is 0.0197. The number of piperidine rings is 1. The minimum Gasteiger partial charge on any atom is -0.370 e. The van der Waals surface area contributed by atoms with Crippen molar-refractivity contribution >= 4 is 23.4 Å². The van der Waals surface area contributed by atoms with Crippen LogP contribution in [-0.4, -0.2) is 87.4 Å². The number of aryl methyl sites for hydroxylation is 1. The van der Waals surface area contributed by atoms with E-state index in [9.17, 15) is 10.1 Å². The molecule has 2 aromatic rings. The number of nitrogens with zero attached hydrogens (tertiary/aromatic N) is 7. The van der Waals surface area contributed by atoms with Crippen LogP contribution in [0.2, 0.25) is 0 Å². The summed E-state index contributed by atoms with van der Waals surface area (Å²) in [5, 5.41) is 20.8. The van der Waals surface area contributed by atoms with E-state index in [0.717, 1.165) is 30.6 Å². The fourth-order valence-electron chi connectivity index (χ4n) is 5.43. The van der Waals surface area contributed by atoms with Crippen molar-refractivity contribution in [3.05, 3.63) is 23.7 Å². The van der Waals surface area contributed by atoms with Crippen LogP contribution in [0.5, 0.6) is 0 Å². The molecule has 3 saturated heterocycles. The summed E-state index contributed by atoms with van der Waals surface area (Å²) in [4.78, 5) is 25.1. The molecule has 3 fully saturated rings. The number of carbonyl (C=O) groups is 1. The number of aromatic nitrogens is 4. The zero-order valence-electron chi connectivity index (χ0n) is 20.4. The standard InChI is InChI=1S/C24H33N9O2/c1-16-21(14-33(30-16)20-10-18-4-5-19(11-20)31(18)2)28-24-27-13-17(12-25)23(29-24)26-6-3-7-32-8-9-35-15-22(32)34/h13-14,18-20H,3-11,15H2,1-2H3,(H2,26,27,28,29). The third kappa shape index (κ3) is 5.09. The molecule has 0 radical (unpaired) electrons. The molecule has 0 aromatic carbocycles. The predicted molar refractivity (Wildman–Crippen MR) is 130 cm³/mol. The summed E-state index contributed by atoms with van der Waals surface area (Å²) in [5.41, 5.74) is 2.15. The molecule has 2 unspecified atom stereocenters. The smallest absolute Gasteiger partial charge is 0.248 e. The minimum absolute atomic E-state index is 0.0197. The molecular formula is C24H33N9O2. The Morgan fingerprint density at radius 1 is 1.26 bits per heavy atom. The number of nitrogens with one attached hydrogen (secondary N) is 2. The summed E-state index contributed by atoms with van der Waals surface area (Å²) in [6, 6.07) is 3.85. The van der Waals surface area contributed by atoms with Gasteiger partial charge >= 0.3 is 0 Å². The molecule has 2 aromatic heterocycles. The molecule has 0 spiro atoms. The van der Waals surface area contributed by atoms with Gasteiger partial charge in [0.1, 0.15) is 24.1 Å². The van der Waals surface area contributed by atoms with E-state index in [-0.39, 0.29) is 12.5 Å². The van der Waals surface area contributed by atoms with Crippen molar-refractivity contribution < 1.29 is 9.53 Å². The SMILES string of the molecule is Cc1nn(C2CC3CCC(C2)N3C)cc1Nc1ncc(C#N)c(NCCCN2CCOCC2=O)n1. The monoisotopic (exact) mass is 479 g/mol. The average Bonchev–Trinajstić information content (AvgIpc) is 3.29. The van der Waals surface area contributed by atoms with E-state index in [1.165, 1.54) is 19.0 Å². The molecule has 3 aliphatic heterocycles. The van der Waals surface area contributed by atoms with Gasteiger partial charge in [-0.1, -0.05) is 0 Å². The van der Waals surface area contributed by atoms with Crippen LogP contribution in [0.15, 0.2) is 12.4 Å². The molecule has 35 heavy (non-hydrogen) atoms. The Morgan fingerprint density at radius 2 is 2.06 bits per heavy atom. The highest BCUT2D eigenvalue weighted by molar-refractivity contribution is 5.77. The van der Waals surface area contributed by atoms with E-state index < -0.39 is 0 Å². The predicted octanol–water partition coefficient (Wildman–Crippen LogP) is 2.06. The van der Waals surface area contributed by atoms with Crippen molar-refractivity contribution in [3.63, 3.8) is 0 Å². The average molecular weight is 480 g/mol. The van der Waals surface area contributed by atoms with Crippen LogP contribution >= 0.6 is 0 Å². The van der Waals surface area contributed by atoms with Crippen LogP contribution in [0, 0.1) is 18.3 Å². The number of amides is 1. The first-order valence-electron chi connectivity index (χ1n) is 12.4. The summed E-state index contributed by atoms with van der Waals surface area (Å²) < 4.78 is 7.27. The third-order valence-corrected chi connectivity index (χ3v) is 7.50. The molecule has 2 atom stereocenters. The van der Waals surface area contributed by atoms with Crippen LogP contribution in [0.1, 0.15) is 49.4 Å². The molecule has 11 nitrogen and oxygen atoms in total. The molecular weight excluding hydrogens is 446 g/mol. The van der Waals surface area contributed by atoms with Crippen molar-refractivity contribution in [2.75, 3.05) is 50.5 Å². The lowest BCUT2D eigenvalue weighted by molar-refractivity contribution is -0.142. The molecule has 5 heterocycles. The number of anilines is 3.